The first kappa shape index (κ1) is 18.4. The Bertz CT molecular complexity index is 798. The number of nitrogens with one attached hydrogen (secondary N) is 1. The molecule has 7 heteroatoms. The highest BCUT2D eigenvalue weighted by Crippen LogP contribution is 2.38. The third-order valence-corrected chi connectivity index (χ3v) is 5.34. The number of rotatable bonds is 6. The van der Waals surface area contributed by atoms with E-state index in [1.165, 1.54) is 36.0 Å². The molecule has 1 aliphatic heterocycles. The Morgan fingerprint density at radius 3 is 2.65 bits per heavy atom. The number of halogens is 2. The summed E-state index contributed by atoms with van der Waals surface area (Å²) >= 11 is 1.43. The Kier molecular flexibility index (Phi) is 5.88. The Balaban J connectivity index is 1.54. The van der Waals surface area contributed by atoms with Crippen molar-refractivity contribution in [3.63, 3.8) is 0 Å². The van der Waals surface area contributed by atoms with E-state index in [-0.39, 0.29) is 41.8 Å². The minimum Gasteiger partial charge on any atom is -0.352 e. The lowest BCUT2D eigenvalue weighted by Crippen LogP contribution is -2.33. The normalized spacial score (nSPS) is 16.8. The molecule has 2 aromatic rings. The molecule has 1 fully saturated rings. The topological polar surface area (TPSA) is 49.4 Å². The first-order chi connectivity index (χ1) is 12.5. The second kappa shape index (κ2) is 8.31. The summed E-state index contributed by atoms with van der Waals surface area (Å²) in [4.78, 5) is 25.8. The second-order valence-corrected chi connectivity index (χ2v) is 7.03. The van der Waals surface area contributed by atoms with Crippen molar-refractivity contribution in [2.24, 2.45) is 0 Å². The summed E-state index contributed by atoms with van der Waals surface area (Å²) in [5.41, 5.74) is 1.51. The zero-order valence-electron chi connectivity index (χ0n) is 14.0. The van der Waals surface area contributed by atoms with Crippen LogP contribution >= 0.6 is 11.8 Å². The summed E-state index contributed by atoms with van der Waals surface area (Å²) in [7, 11) is 0. The summed E-state index contributed by atoms with van der Waals surface area (Å²) in [6.07, 6.45) is 0.152. The van der Waals surface area contributed by atoms with Crippen LogP contribution in [0.25, 0.3) is 0 Å². The van der Waals surface area contributed by atoms with Crippen LogP contribution in [0.1, 0.15) is 22.9 Å². The van der Waals surface area contributed by atoms with E-state index in [1.807, 2.05) is 0 Å². The van der Waals surface area contributed by atoms with Crippen molar-refractivity contribution in [3.05, 3.63) is 71.3 Å². The predicted molar refractivity (Wildman–Crippen MR) is 96.2 cm³/mol. The van der Waals surface area contributed by atoms with Crippen LogP contribution < -0.4 is 5.32 Å². The quantitative estimate of drug-likeness (QED) is 0.842. The maximum atomic E-state index is 13.4. The molecular weight excluding hydrogens is 358 g/mol. The number of carbonyl (C=O) groups excluding carboxylic acids is 2. The molecular formula is C19H18F2N2O2S. The SMILES string of the molecule is O=C(CCN1C(=O)CS[C@@H]1c1cccc(F)c1)NCc1ccc(F)cc1. The van der Waals surface area contributed by atoms with E-state index >= 15 is 0 Å². The summed E-state index contributed by atoms with van der Waals surface area (Å²) in [6, 6.07) is 12.1. The van der Waals surface area contributed by atoms with Crippen molar-refractivity contribution < 1.29 is 18.4 Å². The summed E-state index contributed by atoms with van der Waals surface area (Å²) in [6.45, 7) is 0.567. The van der Waals surface area contributed by atoms with Crippen LogP contribution in [0.15, 0.2) is 48.5 Å². The molecule has 0 unspecified atom stereocenters. The van der Waals surface area contributed by atoms with Gasteiger partial charge in [-0.1, -0.05) is 24.3 Å². The molecule has 3 rings (SSSR count). The molecule has 2 aromatic carbocycles. The molecule has 0 bridgehead atoms. The van der Waals surface area contributed by atoms with E-state index < -0.39 is 0 Å². The Hall–Kier alpha value is -2.41. The van der Waals surface area contributed by atoms with Crippen LogP contribution in [0.5, 0.6) is 0 Å². The summed E-state index contributed by atoms with van der Waals surface area (Å²) < 4.78 is 26.3. The van der Waals surface area contributed by atoms with Crippen molar-refractivity contribution >= 4 is 23.6 Å². The summed E-state index contributed by atoms with van der Waals surface area (Å²) in [5, 5.41) is 2.48. The third-order valence-electron chi connectivity index (χ3n) is 4.08. The van der Waals surface area contributed by atoms with E-state index in [1.54, 1.807) is 29.2 Å². The van der Waals surface area contributed by atoms with Crippen LogP contribution in [-0.4, -0.2) is 29.0 Å². The van der Waals surface area contributed by atoms with E-state index in [9.17, 15) is 18.4 Å². The average Bonchev–Trinajstić information content (AvgIpc) is 3.00. The van der Waals surface area contributed by atoms with Crippen molar-refractivity contribution in [1.29, 1.82) is 0 Å². The van der Waals surface area contributed by atoms with E-state index in [4.69, 9.17) is 0 Å². The number of benzene rings is 2. The highest BCUT2D eigenvalue weighted by Gasteiger charge is 2.32. The Labute approximate surface area is 154 Å². The molecule has 4 nitrogen and oxygen atoms in total. The smallest absolute Gasteiger partial charge is 0.233 e. The van der Waals surface area contributed by atoms with Crippen LogP contribution in [0.4, 0.5) is 8.78 Å². The van der Waals surface area contributed by atoms with Gasteiger partial charge in [-0.2, -0.15) is 0 Å². The lowest BCUT2D eigenvalue weighted by Gasteiger charge is -2.24. The number of thioether (sulfide) groups is 1. The van der Waals surface area contributed by atoms with Gasteiger partial charge in [-0.3, -0.25) is 9.59 Å². The zero-order chi connectivity index (χ0) is 18.5. The first-order valence-electron chi connectivity index (χ1n) is 8.20. The lowest BCUT2D eigenvalue weighted by atomic mass is 10.2. The molecule has 26 heavy (non-hydrogen) atoms. The van der Waals surface area contributed by atoms with Crippen molar-refractivity contribution in [2.75, 3.05) is 12.3 Å². The monoisotopic (exact) mass is 376 g/mol. The number of carbonyl (C=O) groups is 2. The molecule has 136 valence electrons. The maximum Gasteiger partial charge on any atom is 0.233 e. The molecule has 1 N–H and O–H groups in total. The molecule has 0 saturated carbocycles. The van der Waals surface area contributed by atoms with Crippen LogP contribution in [0.3, 0.4) is 0 Å². The standard InChI is InChI=1S/C19H18F2N2O2S/c20-15-6-4-13(5-7-15)11-22-17(24)8-9-23-18(25)12-26-19(23)14-2-1-3-16(21)10-14/h1-7,10,19H,8-9,11-12H2,(H,22,24)/t19-/m1/s1. The molecule has 2 amide bonds. The van der Waals surface area contributed by atoms with E-state index in [0.717, 1.165) is 5.56 Å². The summed E-state index contributed by atoms with van der Waals surface area (Å²) in [5.74, 6) is -0.612. The van der Waals surface area contributed by atoms with Gasteiger partial charge in [0.1, 0.15) is 17.0 Å². The fraction of sp³-hybridized carbons (Fsp3) is 0.263. The molecule has 0 aliphatic carbocycles. The molecule has 0 spiro atoms. The van der Waals surface area contributed by atoms with E-state index in [0.29, 0.717) is 17.9 Å². The Morgan fingerprint density at radius 2 is 1.92 bits per heavy atom. The number of hydrogen-bond donors (Lipinski definition) is 1. The van der Waals surface area contributed by atoms with Gasteiger partial charge in [-0.15, -0.1) is 11.8 Å². The first-order valence-corrected chi connectivity index (χ1v) is 9.25. The predicted octanol–water partition coefficient (Wildman–Crippen LogP) is 3.25. The highest BCUT2D eigenvalue weighted by molar-refractivity contribution is 8.00. The molecule has 1 aliphatic rings. The number of nitrogens with zero attached hydrogens (tertiary/aromatic N) is 1. The largest absolute Gasteiger partial charge is 0.352 e. The molecule has 1 saturated heterocycles. The van der Waals surface area contributed by atoms with Crippen LogP contribution in [0.2, 0.25) is 0 Å². The van der Waals surface area contributed by atoms with Crippen molar-refractivity contribution in [1.82, 2.24) is 10.2 Å². The average molecular weight is 376 g/mol. The third kappa shape index (κ3) is 4.60. The molecule has 0 radical (unpaired) electrons. The zero-order valence-corrected chi connectivity index (χ0v) is 14.8. The minimum absolute atomic E-state index is 0.0596. The number of hydrogen-bond acceptors (Lipinski definition) is 3. The molecule has 0 aromatic heterocycles. The van der Waals surface area contributed by atoms with Gasteiger partial charge in [-0.25, -0.2) is 8.78 Å². The fourth-order valence-electron chi connectivity index (χ4n) is 2.75. The van der Waals surface area contributed by atoms with E-state index in [2.05, 4.69) is 5.32 Å². The van der Waals surface area contributed by atoms with Gasteiger partial charge in [-0.05, 0) is 35.4 Å². The van der Waals surface area contributed by atoms with Gasteiger partial charge < -0.3 is 10.2 Å². The van der Waals surface area contributed by atoms with Gasteiger partial charge in [0.2, 0.25) is 11.8 Å². The molecule has 1 heterocycles. The van der Waals surface area contributed by atoms with Gasteiger partial charge >= 0.3 is 0 Å². The minimum atomic E-state index is -0.348. The van der Waals surface area contributed by atoms with Crippen LogP contribution in [-0.2, 0) is 16.1 Å². The Morgan fingerprint density at radius 1 is 1.15 bits per heavy atom. The van der Waals surface area contributed by atoms with Crippen molar-refractivity contribution in [3.8, 4) is 0 Å². The fourth-order valence-corrected chi connectivity index (χ4v) is 3.95. The lowest BCUT2D eigenvalue weighted by molar-refractivity contribution is -0.129. The molecule has 1 atom stereocenters. The van der Waals surface area contributed by atoms with Crippen molar-refractivity contribution in [2.45, 2.75) is 18.3 Å². The van der Waals surface area contributed by atoms with Gasteiger partial charge in [0.25, 0.3) is 0 Å². The van der Waals surface area contributed by atoms with Gasteiger partial charge in [0, 0.05) is 19.5 Å². The highest BCUT2D eigenvalue weighted by atomic mass is 32.2. The maximum absolute atomic E-state index is 13.4. The number of amides is 2. The van der Waals surface area contributed by atoms with Crippen LogP contribution in [0, 0.1) is 11.6 Å². The van der Waals surface area contributed by atoms with Gasteiger partial charge in [0.05, 0.1) is 5.75 Å². The van der Waals surface area contributed by atoms with Gasteiger partial charge in [0.15, 0.2) is 0 Å². The second-order valence-electron chi connectivity index (χ2n) is 5.96.